The molecule has 1 fully saturated rings. The van der Waals surface area contributed by atoms with E-state index in [1.54, 1.807) is 0 Å². The van der Waals surface area contributed by atoms with E-state index in [1.165, 1.54) is 12.1 Å². The molecule has 0 spiro atoms. The Morgan fingerprint density at radius 3 is 2.21 bits per heavy atom. The summed E-state index contributed by atoms with van der Waals surface area (Å²) in [6, 6.07) is 3.89. The maximum Gasteiger partial charge on any atom is 0.127 e. The van der Waals surface area contributed by atoms with Crippen molar-refractivity contribution in [1.29, 1.82) is 0 Å². The Bertz CT molecular complexity index is 380. The molecule has 1 aromatic carbocycles. The van der Waals surface area contributed by atoms with Gasteiger partial charge < -0.3 is 0 Å². The van der Waals surface area contributed by atoms with E-state index in [9.17, 15) is 13.2 Å². The summed E-state index contributed by atoms with van der Waals surface area (Å²) in [5.74, 6) is -0.266. The normalized spacial score (nSPS) is 23.5. The minimum Gasteiger partial charge on any atom is -0.251 e. The highest BCUT2D eigenvalue weighted by Gasteiger charge is 2.21. The van der Waals surface area contributed by atoms with E-state index in [-0.39, 0.29) is 27.9 Å². The Labute approximate surface area is 123 Å². The molecule has 1 aliphatic carbocycles. The van der Waals surface area contributed by atoms with Crippen LogP contribution in [-0.4, -0.2) is 10.6 Å². The van der Waals surface area contributed by atoms with Gasteiger partial charge in [-0.15, -0.1) is 21.2 Å². The van der Waals surface area contributed by atoms with Crippen LogP contribution in [0, 0.1) is 21.1 Å². The van der Waals surface area contributed by atoms with Gasteiger partial charge in [-0.2, -0.15) is 0 Å². The molecular weight excluding hydrogens is 364 g/mol. The predicted molar refractivity (Wildman–Crippen MR) is 80.0 cm³/mol. The molecule has 0 heterocycles. The average Bonchev–Trinajstić information content (AvgIpc) is 2.37. The van der Waals surface area contributed by atoms with Gasteiger partial charge in [0, 0.05) is 13.6 Å². The van der Waals surface area contributed by atoms with Crippen molar-refractivity contribution < 1.29 is 13.2 Å². The number of halogens is 4. The standard InChI is InChI=1S/C15H19F3I/c16-7-1-2-11-3-5-14(6-4-11)19-15-9-12(17)8-13(18)10-15/h8-11,14H,1-7H2. The van der Waals surface area contributed by atoms with Gasteiger partial charge in [0.15, 0.2) is 0 Å². The van der Waals surface area contributed by atoms with Crippen molar-refractivity contribution in [2.24, 2.45) is 5.92 Å². The fourth-order valence-electron chi connectivity index (χ4n) is 2.65. The molecule has 0 amide bonds. The summed E-state index contributed by atoms with van der Waals surface area (Å²) >= 11 is -0.315. The lowest BCUT2D eigenvalue weighted by molar-refractivity contribution is 0.324. The molecule has 0 aromatic heterocycles. The van der Waals surface area contributed by atoms with Crippen molar-refractivity contribution in [3.05, 3.63) is 33.4 Å². The highest BCUT2D eigenvalue weighted by molar-refractivity contribution is 14.2. The van der Waals surface area contributed by atoms with E-state index in [0.717, 1.165) is 41.7 Å². The first-order valence-electron chi connectivity index (χ1n) is 6.83. The fourth-order valence-corrected chi connectivity index (χ4v) is 5.96. The number of hydrogen-bond donors (Lipinski definition) is 0. The van der Waals surface area contributed by atoms with Crippen LogP contribution in [0.4, 0.5) is 13.2 Å². The van der Waals surface area contributed by atoms with Gasteiger partial charge in [-0.05, 0) is 56.6 Å². The summed E-state index contributed by atoms with van der Waals surface area (Å²) in [7, 11) is 0. The summed E-state index contributed by atoms with van der Waals surface area (Å²) in [4.78, 5) is 0. The van der Waals surface area contributed by atoms with Crippen molar-refractivity contribution in [2.45, 2.75) is 42.4 Å². The largest absolute Gasteiger partial charge is 0.251 e. The van der Waals surface area contributed by atoms with Gasteiger partial charge in [0.1, 0.15) is 11.6 Å². The third-order valence-electron chi connectivity index (χ3n) is 3.63. The van der Waals surface area contributed by atoms with Crippen molar-refractivity contribution >= 4 is 21.2 Å². The zero-order valence-corrected chi connectivity index (χ0v) is 13.0. The second-order valence-electron chi connectivity index (χ2n) is 5.15. The van der Waals surface area contributed by atoms with E-state index >= 15 is 0 Å². The Morgan fingerprint density at radius 1 is 1.00 bits per heavy atom. The first-order valence-corrected chi connectivity index (χ1v) is 9.15. The van der Waals surface area contributed by atoms with E-state index in [0.29, 0.717) is 16.3 Å². The van der Waals surface area contributed by atoms with Crippen LogP contribution in [0.2, 0.25) is 0 Å². The van der Waals surface area contributed by atoms with Crippen molar-refractivity contribution in [1.82, 2.24) is 0 Å². The van der Waals surface area contributed by atoms with E-state index < -0.39 is 11.6 Å². The average molecular weight is 383 g/mol. The molecule has 4 heteroatoms. The maximum atomic E-state index is 13.1. The monoisotopic (exact) mass is 383 g/mol. The Morgan fingerprint density at radius 2 is 1.63 bits per heavy atom. The third-order valence-corrected chi connectivity index (χ3v) is 7.10. The molecular formula is C15H19F3I. The molecule has 1 radical (unpaired) electrons. The van der Waals surface area contributed by atoms with Crippen LogP contribution in [0.5, 0.6) is 0 Å². The number of benzene rings is 1. The molecule has 1 aliphatic rings. The molecule has 0 unspecified atom stereocenters. The topological polar surface area (TPSA) is 0 Å². The first-order chi connectivity index (χ1) is 9.17. The van der Waals surface area contributed by atoms with Crippen LogP contribution in [-0.2, 0) is 0 Å². The summed E-state index contributed by atoms with van der Waals surface area (Å²) in [6.07, 6.45) is 6.27. The summed E-state index contributed by atoms with van der Waals surface area (Å²) in [6.45, 7) is -0.213. The van der Waals surface area contributed by atoms with Crippen LogP contribution in [0.3, 0.4) is 0 Å². The van der Waals surface area contributed by atoms with E-state index in [4.69, 9.17) is 0 Å². The fraction of sp³-hybridized carbons (Fsp3) is 0.600. The molecule has 2 rings (SSSR count). The summed E-state index contributed by atoms with van der Waals surface area (Å²) in [5.41, 5.74) is 0. The van der Waals surface area contributed by atoms with Crippen LogP contribution in [0.15, 0.2) is 18.2 Å². The summed E-state index contributed by atoms with van der Waals surface area (Å²) < 4.78 is 39.9. The highest BCUT2D eigenvalue weighted by Crippen LogP contribution is 2.40. The lowest BCUT2D eigenvalue weighted by Crippen LogP contribution is -2.15. The number of rotatable bonds is 5. The molecule has 107 valence electrons. The quantitative estimate of drug-likeness (QED) is 0.471. The molecule has 0 bridgehead atoms. The molecule has 0 aliphatic heterocycles. The second kappa shape index (κ2) is 7.50. The van der Waals surface area contributed by atoms with Crippen LogP contribution >= 0.6 is 21.2 Å². The molecule has 0 N–H and O–H groups in total. The van der Waals surface area contributed by atoms with Crippen molar-refractivity contribution in [3.63, 3.8) is 0 Å². The maximum absolute atomic E-state index is 13.1. The summed E-state index contributed by atoms with van der Waals surface area (Å²) in [5, 5.41) is 0. The van der Waals surface area contributed by atoms with E-state index in [2.05, 4.69) is 0 Å². The van der Waals surface area contributed by atoms with Crippen LogP contribution < -0.4 is 0 Å². The number of hydrogen-bond acceptors (Lipinski definition) is 0. The Hall–Kier alpha value is -0.260. The van der Waals surface area contributed by atoms with Gasteiger partial charge in [0.2, 0.25) is 0 Å². The Kier molecular flexibility index (Phi) is 5.98. The minimum absolute atomic E-state index is 0.213. The molecule has 19 heavy (non-hydrogen) atoms. The van der Waals surface area contributed by atoms with Crippen molar-refractivity contribution in [2.75, 3.05) is 6.67 Å². The first kappa shape index (κ1) is 15.1. The van der Waals surface area contributed by atoms with Crippen LogP contribution in [0.1, 0.15) is 38.5 Å². The van der Waals surface area contributed by atoms with Gasteiger partial charge in [-0.25, -0.2) is 8.78 Å². The minimum atomic E-state index is -0.466. The zero-order valence-electron chi connectivity index (χ0n) is 10.8. The van der Waals surface area contributed by atoms with E-state index in [1.807, 2.05) is 0 Å². The number of alkyl halides is 2. The van der Waals surface area contributed by atoms with Gasteiger partial charge in [-0.1, -0.05) is 0 Å². The second-order valence-corrected chi connectivity index (χ2v) is 8.78. The lowest BCUT2D eigenvalue weighted by Gasteiger charge is -2.28. The van der Waals surface area contributed by atoms with Gasteiger partial charge >= 0.3 is 0 Å². The smallest absolute Gasteiger partial charge is 0.127 e. The Balaban J connectivity index is 1.82. The van der Waals surface area contributed by atoms with Gasteiger partial charge in [0.05, 0.1) is 6.67 Å². The van der Waals surface area contributed by atoms with Crippen LogP contribution in [0.25, 0.3) is 0 Å². The molecule has 0 atom stereocenters. The lowest BCUT2D eigenvalue weighted by atomic mass is 9.86. The zero-order chi connectivity index (χ0) is 13.7. The van der Waals surface area contributed by atoms with Gasteiger partial charge in [0.25, 0.3) is 0 Å². The third kappa shape index (κ3) is 4.97. The molecule has 1 aromatic rings. The molecule has 1 saturated carbocycles. The SMILES string of the molecule is FCCCC1CCC([I]c2cc(F)cc(F)c2)CC1. The predicted octanol–water partition coefficient (Wildman–Crippen LogP) is 5.41. The molecule has 0 saturated heterocycles. The van der Waals surface area contributed by atoms with Crippen molar-refractivity contribution in [3.8, 4) is 0 Å². The highest BCUT2D eigenvalue weighted by atomic mass is 127. The van der Waals surface area contributed by atoms with Gasteiger partial charge in [-0.3, -0.25) is 4.39 Å². The molecule has 0 nitrogen and oxygen atoms in total.